The van der Waals surface area contributed by atoms with Crippen molar-refractivity contribution in [2.75, 3.05) is 31.6 Å². The van der Waals surface area contributed by atoms with Gasteiger partial charge in [-0.05, 0) is 76.8 Å². The van der Waals surface area contributed by atoms with Crippen LogP contribution in [-0.4, -0.2) is 67.5 Å². The Kier molecular flexibility index (Phi) is 8.38. The van der Waals surface area contributed by atoms with E-state index in [9.17, 15) is 14.4 Å². The number of carbonyl (C=O) groups is 3. The van der Waals surface area contributed by atoms with Crippen molar-refractivity contribution in [1.29, 1.82) is 0 Å². The van der Waals surface area contributed by atoms with Crippen LogP contribution in [0.15, 0.2) is 48.5 Å². The maximum atomic E-state index is 13.8. The molecule has 0 unspecified atom stereocenters. The first kappa shape index (κ1) is 28.4. The highest BCUT2D eigenvalue weighted by Gasteiger charge is 2.47. The molecule has 0 bridgehead atoms. The first-order valence-electron chi connectivity index (χ1n) is 14.3. The molecule has 0 spiro atoms. The molecule has 3 aliphatic rings. The van der Waals surface area contributed by atoms with Gasteiger partial charge in [-0.25, -0.2) is 0 Å². The normalized spacial score (nSPS) is 23.1. The summed E-state index contributed by atoms with van der Waals surface area (Å²) in [4.78, 5) is 44.1. The SMILES string of the molecule is CN[C@@H]1CC[C@H](C(=O)N[C@@H](COc2ccccc2Cl)C(=O)N2CCC(N3C(=O)C(C)(C)c4ccccc43)CC2)C1. The van der Waals surface area contributed by atoms with Gasteiger partial charge in [0.05, 0.1) is 10.4 Å². The number of carbonyl (C=O) groups excluding carboxylic acids is 3. The Morgan fingerprint density at radius 2 is 1.75 bits per heavy atom. The Bertz CT molecular complexity index is 1260. The molecule has 5 rings (SSSR count). The second-order valence-corrected chi connectivity index (χ2v) is 12.1. The van der Waals surface area contributed by atoms with E-state index in [0.29, 0.717) is 42.7 Å². The first-order valence-corrected chi connectivity index (χ1v) is 14.7. The van der Waals surface area contributed by atoms with Gasteiger partial charge in [-0.3, -0.25) is 14.4 Å². The lowest BCUT2D eigenvalue weighted by Gasteiger charge is -2.38. The predicted molar refractivity (Wildman–Crippen MR) is 156 cm³/mol. The van der Waals surface area contributed by atoms with Gasteiger partial charge in [0, 0.05) is 36.8 Å². The van der Waals surface area contributed by atoms with Gasteiger partial charge in [-0.2, -0.15) is 0 Å². The van der Waals surface area contributed by atoms with E-state index in [-0.39, 0.29) is 36.3 Å². The second kappa shape index (κ2) is 11.8. The molecule has 2 aliphatic heterocycles. The van der Waals surface area contributed by atoms with Crippen molar-refractivity contribution < 1.29 is 19.1 Å². The molecule has 3 amide bonds. The highest BCUT2D eigenvalue weighted by molar-refractivity contribution is 6.32. The Morgan fingerprint density at radius 1 is 1.05 bits per heavy atom. The van der Waals surface area contributed by atoms with Gasteiger partial charge in [-0.1, -0.05) is 41.9 Å². The number of fused-ring (bicyclic) bond motifs is 1. The number of nitrogens with one attached hydrogen (secondary N) is 2. The summed E-state index contributed by atoms with van der Waals surface area (Å²) in [5, 5.41) is 6.70. The fourth-order valence-corrected chi connectivity index (χ4v) is 6.54. The summed E-state index contributed by atoms with van der Waals surface area (Å²) in [6.07, 6.45) is 3.81. The number of para-hydroxylation sites is 2. The molecule has 40 heavy (non-hydrogen) atoms. The molecular formula is C31H39ClN4O4. The van der Waals surface area contributed by atoms with Crippen molar-refractivity contribution in [2.24, 2.45) is 5.92 Å². The fraction of sp³-hybridized carbons (Fsp3) is 0.516. The van der Waals surface area contributed by atoms with Crippen LogP contribution in [0.2, 0.25) is 5.02 Å². The van der Waals surface area contributed by atoms with Crippen LogP contribution in [0.25, 0.3) is 0 Å². The molecule has 2 aromatic carbocycles. The molecule has 1 aliphatic carbocycles. The zero-order valence-electron chi connectivity index (χ0n) is 23.5. The molecule has 2 aromatic rings. The number of hydrogen-bond donors (Lipinski definition) is 2. The van der Waals surface area contributed by atoms with Crippen LogP contribution in [0.3, 0.4) is 0 Å². The number of halogens is 1. The lowest BCUT2D eigenvalue weighted by Crippen LogP contribution is -2.56. The van der Waals surface area contributed by atoms with Crippen molar-refractivity contribution in [3.8, 4) is 5.75 Å². The maximum absolute atomic E-state index is 13.8. The number of piperidine rings is 1. The van der Waals surface area contributed by atoms with Crippen molar-refractivity contribution in [3.05, 3.63) is 59.1 Å². The first-order chi connectivity index (χ1) is 19.2. The minimum Gasteiger partial charge on any atom is -0.489 e. The summed E-state index contributed by atoms with van der Waals surface area (Å²) in [6.45, 7) is 4.94. The molecule has 0 radical (unpaired) electrons. The Balaban J connectivity index is 1.26. The zero-order valence-corrected chi connectivity index (χ0v) is 24.2. The van der Waals surface area contributed by atoms with Crippen molar-refractivity contribution in [1.82, 2.24) is 15.5 Å². The Labute approximate surface area is 241 Å². The van der Waals surface area contributed by atoms with E-state index in [1.807, 2.05) is 62.2 Å². The average molecular weight is 567 g/mol. The van der Waals surface area contributed by atoms with E-state index in [1.54, 1.807) is 17.0 Å². The Hall–Kier alpha value is -3.10. The third kappa shape index (κ3) is 5.56. The van der Waals surface area contributed by atoms with E-state index >= 15 is 0 Å². The number of amides is 3. The van der Waals surface area contributed by atoms with Gasteiger partial charge < -0.3 is 25.2 Å². The number of benzene rings is 2. The van der Waals surface area contributed by atoms with Gasteiger partial charge in [0.2, 0.25) is 17.7 Å². The number of ether oxygens (including phenoxy) is 1. The van der Waals surface area contributed by atoms with Gasteiger partial charge >= 0.3 is 0 Å². The molecule has 2 N–H and O–H groups in total. The molecule has 1 saturated heterocycles. The molecule has 2 fully saturated rings. The Morgan fingerprint density at radius 3 is 2.45 bits per heavy atom. The number of nitrogens with zero attached hydrogens (tertiary/aromatic N) is 2. The number of anilines is 1. The van der Waals surface area contributed by atoms with E-state index < -0.39 is 11.5 Å². The standard InChI is InChI=1S/C31H39ClN4O4/c1-31(2)23-8-4-6-10-26(23)36(30(31)39)22-14-16-35(17-15-22)29(38)25(19-40-27-11-7-5-9-24(27)32)34-28(37)20-12-13-21(18-20)33-3/h4-11,20-22,25,33H,12-19H2,1-3H3,(H,34,37)/t20-,21+,25-/m0/s1. The van der Waals surface area contributed by atoms with Crippen LogP contribution in [0.5, 0.6) is 5.75 Å². The number of hydrogen-bond acceptors (Lipinski definition) is 5. The van der Waals surface area contributed by atoms with Crippen molar-refractivity contribution in [2.45, 2.75) is 69.5 Å². The van der Waals surface area contributed by atoms with Crippen LogP contribution in [0.1, 0.15) is 51.5 Å². The molecular weight excluding hydrogens is 528 g/mol. The molecule has 3 atom stereocenters. The highest BCUT2D eigenvalue weighted by atomic mass is 35.5. The lowest BCUT2D eigenvalue weighted by molar-refractivity contribution is -0.139. The zero-order chi connectivity index (χ0) is 28.4. The summed E-state index contributed by atoms with van der Waals surface area (Å²) >= 11 is 6.28. The van der Waals surface area contributed by atoms with E-state index in [0.717, 1.165) is 30.5 Å². The number of rotatable bonds is 8. The largest absolute Gasteiger partial charge is 0.489 e. The average Bonchev–Trinajstić information content (AvgIpc) is 3.53. The van der Waals surface area contributed by atoms with Crippen LogP contribution < -0.4 is 20.3 Å². The second-order valence-electron chi connectivity index (χ2n) is 11.7. The van der Waals surface area contributed by atoms with Gasteiger partial charge in [0.1, 0.15) is 18.4 Å². The van der Waals surface area contributed by atoms with Crippen molar-refractivity contribution in [3.63, 3.8) is 0 Å². The third-order valence-electron chi connectivity index (χ3n) is 8.80. The third-order valence-corrected chi connectivity index (χ3v) is 9.11. The minimum atomic E-state index is -0.831. The quantitative estimate of drug-likeness (QED) is 0.506. The van der Waals surface area contributed by atoms with Crippen LogP contribution in [0, 0.1) is 5.92 Å². The van der Waals surface area contributed by atoms with E-state index in [1.165, 1.54) is 0 Å². The molecule has 1 saturated carbocycles. The van der Waals surface area contributed by atoms with Crippen LogP contribution in [-0.2, 0) is 19.8 Å². The van der Waals surface area contributed by atoms with Gasteiger partial charge in [0.15, 0.2) is 0 Å². The fourth-order valence-electron chi connectivity index (χ4n) is 6.35. The molecule has 8 nitrogen and oxygen atoms in total. The van der Waals surface area contributed by atoms with Gasteiger partial charge in [-0.15, -0.1) is 0 Å². The van der Waals surface area contributed by atoms with Gasteiger partial charge in [0.25, 0.3) is 0 Å². The van der Waals surface area contributed by atoms with Crippen molar-refractivity contribution >= 4 is 35.0 Å². The molecule has 214 valence electrons. The molecule has 2 heterocycles. The topological polar surface area (TPSA) is 91.0 Å². The summed E-state index contributed by atoms with van der Waals surface area (Å²) in [5.74, 6) is 0.155. The summed E-state index contributed by atoms with van der Waals surface area (Å²) in [5.41, 5.74) is 1.45. The minimum absolute atomic E-state index is 0.0113. The van der Waals surface area contributed by atoms with E-state index in [2.05, 4.69) is 10.6 Å². The predicted octanol–water partition coefficient (Wildman–Crippen LogP) is 3.91. The summed E-state index contributed by atoms with van der Waals surface area (Å²) in [6, 6.07) is 14.6. The lowest BCUT2D eigenvalue weighted by atomic mass is 9.86. The molecule has 9 heteroatoms. The van der Waals surface area contributed by atoms with Crippen LogP contribution in [0.4, 0.5) is 5.69 Å². The number of likely N-dealkylation sites (tertiary alicyclic amines) is 1. The van der Waals surface area contributed by atoms with E-state index in [4.69, 9.17) is 16.3 Å². The molecule has 0 aromatic heterocycles. The highest BCUT2D eigenvalue weighted by Crippen LogP contribution is 2.43. The summed E-state index contributed by atoms with van der Waals surface area (Å²) < 4.78 is 5.94. The maximum Gasteiger partial charge on any atom is 0.248 e. The van der Waals surface area contributed by atoms with Crippen LogP contribution >= 0.6 is 11.6 Å². The summed E-state index contributed by atoms with van der Waals surface area (Å²) in [7, 11) is 1.91. The monoisotopic (exact) mass is 566 g/mol. The smallest absolute Gasteiger partial charge is 0.248 e.